The second kappa shape index (κ2) is 9.85. The summed E-state index contributed by atoms with van der Waals surface area (Å²) in [5.74, 6) is -0.843. The van der Waals surface area contributed by atoms with E-state index in [-0.39, 0.29) is 16.4 Å². The summed E-state index contributed by atoms with van der Waals surface area (Å²) in [6, 6.07) is 10.5. The molecule has 0 saturated heterocycles. The highest BCUT2D eigenvalue weighted by Crippen LogP contribution is 2.26. The summed E-state index contributed by atoms with van der Waals surface area (Å²) >= 11 is 1.35. The van der Waals surface area contributed by atoms with Crippen LogP contribution in [0.5, 0.6) is 0 Å². The summed E-state index contributed by atoms with van der Waals surface area (Å²) in [5.41, 5.74) is 1.78. The first kappa shape index (κ1) is 24.0. The van der Waals surface area contributed by atoms with Gasteiger partial charge in [-0.15, -0.1) is 0 Å². The molecule has 32 heavy (non-hydrogen) atoms. The fraction of sp³-hybridized carbons (Fsp3) is 0.273. The Bertz CT molecular complexity index is 1220. The minimum Gasteiger partial charge on any atom is -0.321 e. The van der Waals surface area contributed by atoms with Gasteiger partial charge >= 0.3 is 0 Å². The van der Waals surface area contributed by atoms with E-state index in [1.54, 1.807) is 49.6 Å². The van der Waals surface area contributed by atoms with E-state index in [1.807, 2.05) is 6.26 Å². The highest BCUT2D eigenvalue weighted by atomic mass is 32.2. The average Bonchev–Trinajstić information content (AvgIpc) is 3.20. The SMILES string of the molecule is CCN(CC)S(=O)(=O)c1cc(NC(=O)c2cnc(SC)n2-c2ccc(F)cc2)ccc1C. The van der Waals surface area contributed by atoms with Gasteiger partial charge in [0.25, 0.3) is 5.91 Å². The van der Waals surface area contributed by atoms with E-state index in [0.717, 1.165) is 0 Å². The smallest absolute Gasteiger partial charge is 0.274 e. The van der Waals surface area contributed by atoms with Crippen LogP contribution in [-0.2, 0) is 10.0 Å². The number of sulfonamides is 1. The first-order chi connectivity index (χ1) is 15.2. The molecule has 0 atom stereocenters. The predicted octanol–water partition coefficient (Wildman–Crippen LogP) is 4.32. The van der Waals surface area contributed by atoms with Gasteiger partial charge in [0.2, 0.25) is 10.0 Å². The molecule has 0 radical (unpaired) electrons. The number of rotatable bonds is 8. The Labute approximate surface area is 191 Å². The Balaban J connectivity index is 1.97. The van der Waals surface area contributed by atoms with Gasteiger partial charge in [-0.3, -0.25) is 9.36 Å². The Morgan fingerprint density at radius 1 is 1.16 bits per heavy atom. The van der Waals surface area contributed by atoms with Crippen molar-refractivity contribution in [3.05, 3.63) is 65.7 Å². The molecule has 2 aromatic carbocycles. The molecule has 0 aliphatic carbocycles. The molecule has 1 aromatic heterocycles. The van der Waals surface area contributed by atoms with Gasteiger partial charge in [-0.1, -0.05) is 31.7 Å². The fourth-order valence-corrected chi connectivity index (χ4v) is 5.59. The number of carbonyl (C=O) groups excluding carboxylic acids is 1. The van der Waals surface area contributed by atoms with E-state index in [2.05, 4.69) is 10.3 Å². The Hall–Kier alpha value is -2.69. The van der Waals surface area contributed by atoms with Gasteiger partial charge in [0, 0.05) is 24.5 Å². The number of carbonyl (C=O) groups is 1. The van der Waals surface area contributed by atoms with Gasteiger partial charge < -0.3 is 5.32 Å². The molecule has 1 N–H and O–H groups in total. The van der Waals surface area contributed by atoms with Crippen LogP contribution in [0.15, 0.2) is 58.7 Å². The number of halogens is 1. The van der Waals surface area contributed by atoms with E-state index in [4.69, 9.17) is 0 Å². The maximum atomic E-state index is 13.4. The van der Waals surface area contributed by atoms with Gasteiger partial charge in [-0.25, -0.2) is 17.8 Å². The summed E-state index contributed by atoms with van der Waals surface area (Å²) < 4.78 is 42.4. The van der Waals surface area contributed by atoms with E-state index in [9.17, 15) is 17.6 Å². The minimum atomic E-state index is -3.68. The molecule has 3 rings (SSSR count). The van der Waals surface area contributed by atoms with Crippen LogP contribution in [0.25, 0.3) is 5.69 Å². The molecule has 170 valence electrons. The summed E-state index contributed by atoms with van der Waals surface area (Å²) in [6.07, 6.45) is 3.26. The van der Waals surface area contributed by atoms with E-state index in [0.29, 0.717) is 35.2 Å². The Kier molecular flexibility index (Phi) is 7.37. The molecule has 3 aromatic rings. The number of thioether (sulfide) groups is 1. The normalized spacial score (nSPS) is 11.7. The van der Waals surface area contributed by atoms with Crippen molar-refractivity contribution >= 4 is 33.4 Å². The number of benzene rings is 2. The Morgan fingerprint density at radius 3 is 2.41 bits per heavy atom. The molecular formula is C22H25FN4O3S2. The minimum absolute atomic E-state index is 0.149. The quantitative estimate of drug-likeness (QED) is 0.490. The summed E-state index contributed by atoms with van der Waals surface area (Å²) in [5, 5.41) is 3.33. The molecule has 0 aliphatic heterocycles. The maximum Gasteiger partial charge on any atom is 0.274 e. The van der Waals surface area contributed by atoms with Crippen molar-refractivity contribution in [3.63, 3.8) is 0 Å². The third-order valence-electron chi connectivity index (χ3n) is 5.00. The first-order valence-corrected chi connectivity index (χ1v) is 12.7. The third kappa shape index (κ3) is 4.72. The van der Waals surface area contributed by atoms with E-state index >= 15 is 0 Å². The molecule has 1 amide bonds. The van der Waals surface area contributed by atoms with Crippen LogP contribution in [-0.4, -0.2) is 47.5 Å². The zero-order chi connectivity index (χ0) is 23.5. The number of nitrogens with one attached hydrogen (secondary N) is 1. The van der Waals surface area contributed by atoms with Crippen LogP contribution < -0.4 is 5.32 Å². The van der Waals surface area contributed by atoms with Crippen molar-refractivity contribution in [3.8, 4) is 5.69 Å². The van der Waals surface area contributed by atoms with Crippen molar-refractivity contribution in [1.82, 2.24) is 13.9 Å². The highest BCUT2D eigenvalue weighted by Gasteiger charge is 2.25. The van der Waals surface area contributed by atoms with Crippen LogP contribution in [0.1, 0.15) is 29.9 Å². The van der Waals surface area contributed by atoms with Crippen LogP contribution in [0.3, 0.4) is 0 Å². The van der Waals surface area contributed by atoms with Gasteiger partial charge in [0.05, 0.1) is 11.1 Å². The Morgan fingerprint density at radius 2 is 1.81 bits per heavy atom. The van der Waals surface area contributed by atoms with E-state index < -0.39 is 15.9 Å². The molecule has 0 bridgehead atoms. The van der Waals surface area contributed by atoms with Gasteiger partial charge in [-0.05, 0) is 55.1 Å². The molecule has 0 fully saturated rings. The summed E-state index contributed by atoms with van der Waals surface area (Å²) in [7, 11) is -3.68. The number of aryl methyl sites for hydroxylation is 1. The third-order valence-corrected chi connectivity index (χ3v) is 7.84. The second-order valence-electron chi connectivity index (χ2n) is 6.97. The van der Waals surface area contributed by atoms with Crippen molar-refractivity contribution in [2.24, 2.45) is 0 Å². The fourth-order valence-electron chi connectivity index (χ4n) is 3.33. The van der Waals surface area contributed by atoms with Crippen LogP contribution in [0, 0.1) is 12.7 Å². The lowest BCUT2D eigenvalue weighted by Crippen LogP contribution is -2.31. The molecule has 0 saturated carbocycles. The van der Waals surface area contributed by atoms with Gasteiger partial charge in [0.15, 0.2) is 5.16 Å². The second-order valence-corrected chi connectivity index (χ2v) is 9.65. The lowest BCUT2D eigenvalue weighted by Gasteiger charge is -2.20. The molecule has 0 aliphatic rings. The summed E-state index contributed by atoms with van der Waals surface area (Å²) in [6.45, 7) is 5.98. The van der Waals surface area contributed by atoms with Gasteiger partial charge in [-0.2, -0.15) is 4.31 Å². The van der Waals surface area contributed by atoms with Crippen LogP contribution >= 0.6 is 11.8 Å². The largest absolute Gasteiger partial charge is 0.321 e. The topological polar surface area (TPSA) is 84.3 Å². The monoisotopic (exact) mass is 476 g/mol. The lowest BCUT2D eigenvalue weighted by molar-refractivity contribution is 0.102. The van der Waals surface area contributed by atoms with Gasteiger partial charge in [0.1, 0.15) is 11.5 Å². The molecule has 0 unspecified atom stereocenters. The number of hydrogen-bond donors (Lipinski definition) is 1. The zero-order valence-electron chi connectivity index (χ0n) is 18.3. The molecule has 0 spiro atoms. The molecule has 1 heterocycles. The standard InChI is InChI=1S/C22H25FN4O3S2/c1-5-26(6-2)32(29,30)20-13-17(10-7-15(20)3)25-21(28)19-14-24-22(31-4)27(19)18-11-8-16(23)9-12-18/h7-14H,5-6H2,1-4H3,(H,25,28). The number of anilines is 1. The van der Waals surface area contributed by atoms with Crippen molar-refractivity contribution in [1.29, 1.82) is 0 Å². The molecular weight excluding hydrogens is 451 g/mol. The number of hydrogen-bond acceptors (Lipinski definition) is 5. The number of imidazole rings is 1. The molecule has 10 heteroatoms. The average molecular weight is 477 g/mol. The van der Waals surface area contributed by atoms with Crippen molar-refractivity contribution in [2.45, 2.75) is 30.8 Å². The summed E-state index contributed by atoms with van der Waals surface area (Å²) in [4.78, 5) is 17.5. The van der Waals surface area contributed by atoms with Crippen LogP contribution in [0.4, 0.5) is 10.1 Å². The van der Waals surface area contributed by atoms with E-state index in [1.165, 1.54) is 40.5 Å². The van der Waals surface area contributed by atoms with Crippen molar-refractivity contribution in [2.75, 3.05) is 24.7 Å². The maximum absolute atomic E-state index is 13.4. The predicted molar refractivity (Wildman–Crippen MR) is 125 cm³/mol. The van der Waals surface area contributed by atoms with Crippen molar-refractivity contribution < 1.29 is 17.6 Å². The lowest BCUT2D eigenvalue weighted by atomic mass is 10.2. The zero-order valence-corrected chi connectivity index (χ0v) is 19.9. The number of aromatic nitrogens is 2. The first-order valence-electron chi connectivity index (χ1n) is 10.0. The highest BCUT2D eigenvalue weighted by molar-refractivity contribution is 7.98. The number of nitrogens with zero attached hydrogens (tertiary/aromatic N) is 3. The molecule has 7 nitrogen and oxygen atoms in total. The van der Waals surface area contributed by atoms with Crippen LogP contribution in [0.2, 0.25) is 0 Å². The number of amides is 1.